The fraction of sp³-hybridized carbons (Fsp3) is 0.462. The van der Waals surface area contributed by atoms with E-state index in [0.717, 1.165) is 0 Å². The van der Waals surface area contributed by atoms with Crippen molar-refractivity contribution in [3.05, 3.63) is 29.8 Å². The van der Waals surface area contributed by atoms with E-state index in [2.05, 4.69) is 4.72 Å². The molecule has 0 aromatic heterocycles. The summed E-state index contributed by atoms with van der Waals surface area (Å²) in [5.41, 5.74) is 0.272. The zero-order valence-corrected chi connectivity index (χ0v) is 13.7. The topological polar surface area (TPSA) is 107 Å². The lowest BCUT2D eigenvalue weighted by Crippen LogP contribution is -2.44. The van der Waals surface area contributed by atoms with Crippen molar-refractivity contribution in [3.63, 3.8) is 0 Å². The summed E-state index contributed by atoms with van der Waals surface area (Å²) in [6.07, 6.45) is 0.501. The van der Waals surface area contributed by atoms with E-state index < -0.39 is 25.3 Å². The van der Waals surface area contributed by atoms with Gasteiger partial charge in [-0.1, -0.05) is 6.07 Å². The van der Waals surface area contributed by atoms with Crippen molar-refractivity contribution in [3.8, 4) is 6.07 Å². The molecule has 1 saturated heterocycles. The molecule has 7 nitrogen and oxygen atoms in total. The maximum Gasteiger partial charge on any atom is 0.243 e. The number of nitriles is 1. The Bertz CT molecular complexity index is 789. The third-order valence-corrected chi connectivity index (χ3v) is 7.54. The highest BCUT2D eigenvalue weighted by atomic mass is 32.2. The Hall–Kier alpha value is -1.47. The van der Waals surface area contributed by atoms with Crippen LogP contribution in [0.1, 0.15) is 18.4 Å². The molecule has 120 valence electrons. The zero-order valence-electron chi connectivity index (χ0n) is 12.1. The second-order valence-corrected chi connectivity index (χ2v) is 9.10. The quantitative estimate of drug-likeness (QED) is 0.844. The number of nitrogens with one attached hydrogen (secondary N) is 1. The normalized spacial score (nSPS) is 18.0. The number of benzene rings is 1. The summed E-state index contributed by atoms with van der Waals surface area (Å²) in [5, 5.41) is 8.28. The molecule has 2 rings (SSSR count). The maximum absolute atomic E-state index is 12.5. The van der Waals surface area contributed by atoms with E-state index in [1.165, 1.54) is 35.6 Å². The number of piperidine rings is 1. The summed E-state index contributed by atoms with van der Waals surface area (Å²) in [5.74, 6) is 0. The maximum atomic E-state index is 12.5. The Balaban J connectivity index is 2.18. The first-order valence-corrected chi connectivity index (χ1v) is 9.72. The van der Waals surface area contributed by atoms with Crippen molar-refractivity contribution in [1.29, 1.82) is 5.26 Å². The van der Waals surface area contributed by atoms with Gasteiger partial charge in [0.25, 0.3) is 0 Å². The average molecular weight is 343 g/mol. The fourth-order valence-electron chi connectivity index (χ4n) is 2.42. The van der Waals surface area contributed by atoms with Gasteiger partial charge < -0.3 is 0 Å². The first kappa shape index (κ1) is 16.9. The van der Waals surface area contributed by atoms with Crippen molar-refractivity contribution >= 4 is 20.0 Å². The van der Waals surface area contributed by atoms with E-state index in [1.54, 1.807) is 0 Å². The van der Waals surface area contributed by atoms with Crippen LogP contribution >= 0.6 is 0 Å². The van der Waals surface area contributed by atoms with Crippen LogP contribution < -0.4 is 4.72 Å². The van der Waals surface area contributed by atoms with Crippen molar-refractivity contribution < 1.29 is 16.8 Å². The lowest BCUT2D eigenvalue weighted by molar-refractivity contribution is 0.345. The van der Waals surface area contributed by atoms with Gasteiger partial charge in [-0.3, -0.25) is 0 Å². The monoisotopic (exact) mass is 343 g/mol. The first-order chi connectivity index (χ1) is 10.3. The number of hydrogen-bond donors (Lipinski definition) is 1. The van der Waals surface area contributed by atoms with Gasteiger partial charge in [0.1, 0.15) is 0 Å². The van der Waals surface area contributed by atoms with Crippen LogP contribution in [0.5, 0.6) is 0 Å². The van der Waals surface area contributed by atoms with Crippen molar-refractivity contribution in [2.45, 2.75) is 23.0 Å². The van der Waals surface area contributed by atoms with Gasteiger partial charge in [0.2, 0.25) is 20.0 Å². The summed E-state index contributed by atoms with van der Waals surface area (Å²) in [7, 11) is -5.73. The zero-order chi connectivity index (χ0) is 16.4. The molecule has 0 spiro atoms. The highest BCUT2D eigenvalue weighted by Gasteiger charge is 2.34. The molecule has 0 radical (unpaired) electrons. The summed E-state index contributed by atoms with van der Waals surface area (Å²) in [6.45, 7) is 0.287. The molecule has 1 aliphatic rings. The van der Waals surface area contributed by atoms with Gasteiger partial charge in [-0.15, -0.1) is 0 Å². The number of rotatable bonds is 4. The lowest BCUT2D eigenvalue weighted by Gasteiger charge is -2.30. The van der Waals surface area contributed by atoms with Crippen molar-refractivity contribution in [2.24, 2.45) is 0 Å². The number of nitrogens with zero attached hydrogens (tertiary/aromatic N) is 2. The molecule has 22 heavy (non-hydrogen) atoms. The summed E-state index contributed by atoms with van der Waals surface area (Å²) in [4.78, 5) is 0.0569. The summed E-state index contributed by atoms with van der Waals surface area (Å²) in [6, 6.07) is 7.72. The van der Waals surface area contributed by atoms with Crippen LogP contribution in [0.15, 0.2) is 29.2 Å². The first-order valence-electron chi connectivity index (χ1n) is 6.74. The largest absolute Gasteiger partial charge is 0.243 e. The molecule has 1 fully saturated rings. The minimum atomic E-state index is -3.70. The molecule has 0 unspecified atom stereocenters. The van der Waals surface area contributed by atoms with Crippen LogP contribution in [0.2, 0.25) is 0 Å². The minimum absolute atomic E-state index is 0.0569. The van der Waals surface area contributed by atoms with E-state index >= 15 is 0 Å². The van der Waals surface area contributed by atoms with E-state index in [4.69, 9.17) is 5.26 Å². The molecule has 1 N–H and O–H groups in total. The van der Waals surface area contributed by atoms with Crippen LogP contribution in [0.4, 0.5) is 0 Å². The van der Waals surface area contributed by atoms with Crippen LogP contribution in [0, 0.1) is 11.3 Å². The van der Waals surface area contributed by atoms with Gasteiger partial charge in [0.15, 0.2) is 0 Å². The van der Waals surface area contributed by atoms with Crippen molar-refractivity contribution in [1.82, 2.24) is 9.03 Å². The van der Waals surface area contributed by atoms with Crippen LogP contribution in [-0.2, 0) is 20.0 Å². The summed E-state index contributed by atoms with van der Waals surface area (Å²) >= 11 is 0. The van der Waals surface area contributed by atoms with Gasteiger partial charge in [-0.2, -0.15) is 9.57 Å². The molecule has 0 bridgehead atoms. The lowest BCUT2D eigenvalue weighted by atomic mass is 10.2. The number of sulfonamides is 2. The minimum Gasteiger partial charge on any atom is -0.218 e. The van der Waals surface area contributed by atoms with Crippen LogP contribution in [0.3, 0.4) is 0 Å². The predicted molar refractivity (Wildman–Crippen MR) is 80.9 cm³/mol. The van der Waals surface area contributed by atoms with E-state index in [1.807, 2.05) is 6.07 Å². The SMILES string of the molecule is CNS(=O)(=O)C1CCN(S(=O)(=O)c2cccc(C#N)c2)CC1. The van der Waals surface area contributed by atoms with Gasteiger partial charge >= 0.3 is 0 Å². The average Bonchev–Trinajstić information content (AvgIpc) is 2.55. The van der Waals surface area contributed by atoms with Gasteiger partial charge in [-0.25, -0.2) is 21.6 Å². The standard InChI is InChI=1S/C13H17N3O4S2/c1-15-21(17,18)12-5-7-16(8-6-12)22(19,20)13-4-2-3-11(9-13)10-14/h2-4,9,12,15H,5-8H2,1H3. The Morgan fingerprint density at radius 1 is 1.23 bits per heavy atom. The molecular formula is C13H17N3O4S2. The Morgan fingerprint density at radius 3 is 2.41 bits per heavy atom. The Morgan fingerprint density at radius 2 is 1.86 bits per heavy atom. The molecular weight excluding hydrogens is 326 g/mol. The molecule has 1 heterocycles. The molecule has 0 atom stereocenters. The third kappa shape index (κ3) is 3.30. The molecule has 0 aliphatic carbocycles. The highest BCUT2D eigenvalue weighted by Crippen LogP contribution is 2.23. The smallest absolute Gasteiger partial charge is 0.218 e. The van der Waals surface area contributed by atoms with Crippen molar-refractivity contribution in [2.75, 3.05) is 20.1 Å². The van der Waals surface area contributed by atoms with Crippen LogP contribution in [-0.4, -0.2) is 46.5 Å². The van der Waals surface area contributed by atoms with E-state index in [9.17, 15) is 16.8 Å². The third-order valence-electron chi connectivity index (χ3n) is 3.73. The van der Waals surface area contributed by atoms with Crippen LogP contribution in [0.25, 0.3) is 0 Å². The van der Waals surface area contributed by atoms with E-state index in [0.29, 0.717) is 0 Å². The van der Waals surface area contributed by atoms with Gasteiger partial charge in [-0.05, 0) is 38.1 Å². The Kier molecular flexibility index (Phi) is 4.87. The molecule has 1 aliphatic heterocycles. The Labute approximate surface area is 130 Å². The number of hydrogen-bond acceptors (Lipinski definition) is 5. The molecule has 9 heteroatoms. The summed E-state index contributed by atoms with van der Waals surface area (Å²) < 4.78 is 52.1. The molecule has 0 amide bonds. The van der Waals surface area contributed by atoms with Gasteiger partial charge in [0, 0.05) is 13.1 Å². The molecule has 1 aromatic rings. The second-order valence-electron chi connectivity index (χ2n) is 4.99. The van der Waals surface area contributed by atoms with E-state index in [-0.39, 0.29) is 36.4 Å². The molecule has 0 saturated carbocycles. The van der Waals surface area contributed by atoms with Gasteiger partial charge in [0.05, 0.1) is 21.8 Å². The highest BCUT2D eigenvalue weighted by molar-refractivity contribution is 7.90. The second kappa shape index (κ2) is 6.34. The molecule has 1 aromatic carbocycles. The fourth-order valence-corrected chi connectivity index (χ4v) is 5.11. The predicted octanol–water partition coefficient (Wildman–Crippen LogP) is 0.261.